The molecule has 0 spiro atoms. The number of morpholine rings is 1. The van der Waals surface area contributed by atoms with Crippen molar-refractivity contribution in [3.8, 4) is 5.75 Å². The highest BCUT2D eigenvalue weighted by atomic mass is 32.1. The van der Waals surface area contributed by atoms with Crippen molar-refractivity contribution in [3.05, 3.63) is 40.9 Å². The van der Waals surface area contributed by atoms with Gasteiger partial charge in [-0.15, -0.1) is 11.3 Å². The topological polar surface area (TPSA) is 75.7 Å². The molecule has 1 aliphatic heterocycles. The molecule has 2 aromatic rings. The van der Waals surface area contributed by atoms with Crippen LogP contribution in [0.3, 0.4) is 0 Å². The van der Waals surface area contributed by atoms with Gasteiger partial charge in [-0.2, -0.15) is 13.2 Å². The van der Waals surface area contributed by atoms with E-state index >= 15 is 0 Å². The van der Waals surface area contributed by atoms with Gasteiger partial charge in [-0.1, -0.05) is 12.1 Å². The van der Waals surface area contributed by atoms with E-state index in [2.05, 4.69) is 20.5 Å². The molecule has 0 saturated carbocycles. The number of ether oxygens (including phenoxy) is 2. The summed E-state index contributed by atoms with van der Waals surface area (Å²) in [6, 6.07) is 6.82. The van der Waals surface area contributed by atoms with Crippen LogP contribution in [-0.4, -0.2) is 55.9 Å². The number of benzene rings is 1. The van der Waals surface area contributed by atoms with E-state index in [1.165, 1.54) is 0 Å². The van der Waals surface area contributed by atoms with Crippen molar-refractivity contribution in [2.75, 3.05) is 45.3 Å². The molecule has 0 aliphatic carbocycles. The average Bonchev–Trinajstić information content (AvgIpc) is 3.18. The Bertz CT molecular complexity index is 807. The van der Waals surface area contributed by atoms with Crippen LogP contribution in [-0.2, 0) is 10.9 Å². The maximum Gasteiger partial charge on any atom is 0.434 e. The van der Waals surface area contributed by atoms with Gasteiger partial charge in [0.2, 0.25) is 0 Å². The average molecular weight is 430 g/mol. The molecule has 1 fully saturated rings. The van der Waals surface area contributed by atoms with Crippen molar-refractivity contribution in [3.63, 3.8) is 0 Å². The first-order chi connectivity index (χ1) is 13.9. The number of anilines is 1. The van der Waals surface area contributed by atoms with Gasteiger partial charge >= 0.3 is 12.2 Å². The Morgan fingerprint density at radius 1 is 1.31 bits per heavy atom. The Kier molecular flexibility index (Phi) is 6.93. The fraction of sp³-hybridized carbons (Fsp3) is 0.444. The highest BCUT2D eigenvalue weighted by Crippen LogP contribution is 2.31. The summed E-state index contributed by atoms with van der Waals surface area (Å²) in [4.78, 5) is 17.8. The van der Waals surface area contributed by atoms with Crippen LogP contribution in [0.15, 0.2) is 29.6 Å². The summed E-state index contributed by atoms with van der Waals surface area (Å²) >= 11 is 0.724. The SMILES string of the molecule is COc1ccc(C(CNC(=O)Nc2nc(C(F)(F)F)cs2)N2CCOCC2)cc1. The summed E-state index contributed by atoms with van der Waals surface area (Å²) in [6.45, 7) is 2.88. The number of hydrogen-bond donors (Lipinski definition) is 2. The fourth-order valence-electron chi connectivity index (χ4n) is 2.97. The van der Waals surface area contributed by atoms with Gasteiger partial charge in [-0.25, -0.2) is 9.78 Å². The number of rotatable bonds is 6. The first-order valence-electron chi connectivity index (χ1n) is 8.90. The third kappa shape index (κ3) is 5.81. The van der Waals surface area contributed by atoms with E-state index in [9.17, 15) is 18.0 Å². The van der Waals surface area contributed by atoms with E-state index in [0.717, 1.165) is 28.0 Å². The second-order valence-electron chi connectivity index (χ2n) is 6.31. The zero-order valence-corrected chi connectivity index (χ0v) is 16.5. The molecule has 29 heavy (non-hydrogen) atoms. The Morgan fingerprint density at radius 3 is 2.59 bits per heavy atom. The maximum absolute atomic E-state index is 12.6. The van der Waals surface area contributed by atoms with Crippen LogP contribution < -0.4 is 15.4 Å². The second-order valence-corrected chi connectivity index (χ2v) is 7.17. The summed E-state index contributed by atoms with van der Waals surface area (Å²) in [7, 11) is 1.59. The number of nitrogens with zero attached hydrogens (tertiary/aromatic N) is 2. The van der Waals surface area contributed by atoms with E-state index < -0.39 is 17.9 Å². The molecule has 0 bridgehead atoms. The largest absolute Gasteiger partial charge is 0.497 e. The molecule has 158 valence electrons. The van der Waals surface area contributed by atoms with Crippen LogP contribution >= 0.6 is 11.3 Å². The number of nitrogens with one attached hydrogen (secondary N) is 2. The number of carbonyl (C=O) groups is 1. The number of methoxy groups -OCH3 is 1. The van der Waals surface area contributed by atoms with Crippen molar-refractivity contribution in [2.24, 2.45) is 0 Å². The van der Waals surface area contributed by atoms with Gasteiger partial charge in [0, 0.05) is 25.0 Å². The summed E-state index contributed by atoms with van der Waals surface area (Å²) in [5.41, 5.74) is -0.0381. The van der Waals surface area contributed by atoms with Crippen LogP contribution in [0, 0.1) is 0 Å². The molecule has 2 amide bonds. The standard InChI is InChI=1S/C18H21F3N4O3S/c1-27-13-4-2-12(3-5-13)14(25-6-8-28-9-7-25)10-22-16(26)24-17-23-15(11-29-17)18(19,20)21/h2-5,11,14H,6-10H2,1H3,(H2,22,23,24,26). The molecule has 3 rings (SSSR count). The van der Waals surface area contributed by atoms with Crippen molar-refractivity contribution in [1.82, 2.24) is 15.2 Å². The normalized spacial score (nSPS) is 16.3. The van der Waals surface area contributed by atoms with Gasteiger partial charge in [0.25, 0.3) is 0 Å². The Morgan fingerprint density at radius 2 is 2.00 bits per heavy atom. The Balaban J connectivity index is 1.64. The Labute approximate surface area is 169 Å². The molecule has 1 aromatic heterocycles. The van der Waals surface area contributed by atoms with Crippen LogP contribution in [0.2, 0.25) is 0 Å². The molecular weight excluding hydrogens is 409 g/mol. The highest BCUT2D eigenvalue weighted by molar-refractivity contribution is 7.13. The number of thiazole rings is 1. The van der Waals surface area contributed by atoms with Gasteiger partial charge in [-0.05, 0) is 17.7 Å². The predicted molar refractivity (Wildman–Crippen MR) is 102 cm³/mol. The molecule has 1 aromatic carbocycles. The number of alkyl halides is 3. The molecule has 7 nitrogen and oxygen atoms in total. The molecule has 1 unspecified atom stereocenters. The van der Waals surface area contributed by atoms with Crippen LogP contribution in [0.4, 0.5) is 23.1 Å². The highest BCUT2D eigenvalue weighted by Gasteiger charge is 2.34. The summed E-state index contributed by atoms with van der Waals surface area (Å²) < 4.78 is 48.5. The third-order valence-corrected chi connectivity index (χ3v) is 5.22. The first-order valence-corrected chi connectivity index (χ1v) is 9.78. The zero-order chi connectivity index (χ0) is 20.9. The van der Waals surface area contributed by atoms with Gasteiger partial charge in [-0.3, -0.25) is 10.2 Å². The fourth-order valence-corrected chi connectivity index (χ4v) is 3.68. The minimum atomic E-state index is -4.54. The van der Waals surface area contributed by atoms with Crippen molar-refractivity contribution >= 4 is 22.5 Å². The first kappa shape index (κ1) is 21.3. The number of urea groups is 1. The lowest BCUT2D eigenvalue weighted by atomic mass is 10.0. The lowest BCUT2D eigenvalue weighted by Gasteiger charge is -2.35. The molecular formula is C18H21F3N4O3S. The van der Waals surface area contributed by atoms with E-state index in [4.69, 9.17) is 9.47 Å². The lowest BCUT2D eigenvalue weighted by Crippen LogP contribution is -2.44. The molecule has 1 atom stereocenters. The number of aromatic nitrogens is 1. The lowest BCUT2D eigenvalue weighted by molar-refractivity contribution is -0.140. The van der Waals surface area contributed by atoms with E-state index in [1.54, 1.807) is 7.11 Å². The monoisotopic (exact) mass is 430 g/mol. The number of halogens is 3. The van der Waals surface area contributed by atoms with Crippen molar-refractivity contribution < 1.29 is 27.4 Å². The quantitative estimate of drug-likeness (QED) is 0.735. The molecule has 1 aliphatic rings. The number of carbonyl (C=O) groups excluding carboxylic acids is 1. The number of hydrogen-bond acceptors (Lipinski definition) is 6. The molecule has 0 radical (unpaired) electrons. The van der Waals surface area contributed by atoms with E-state index in [0.29, 0.717) is 26.3 Å². The third-order valence-electron chi connectivity index (χ3n) is 4.46. The predicted octanol–water partition coefficient (Wildman–Crippen LogP) is 3.37. The van der Waals surface area contributed by atoms with E-state index in [1.807, 2.05) is 24.3 Å². The smallest absolute Gasteiger partial charge is 0.434 e. The van der Waals surface area contributed by atoms with Crippen molar-refractivity contribution in [2.45, 2.75) is 12.2 Å². The van der Waals surface area contributed by atoms with Crippen LogP contribution in [0.5, 0.6) is 5.75 Å². The zero-order valence-electron chi connectivity index (χ0n) is 15.7. The molecule has 11 heteroatoms. The summed E-state index contributed by atoms with van der Waals surface area (Å²) in [5.74, 6) is 0.726. The summed E-state index contributed by atoms with van der Waals surface area (Å²) in [6.07, 6.45) is -4.54. The van der Waals surface area contributed by atoms with Crippen LogP contribution in [0.1, 0.15) is 17.3 Å². The van der Waals surface area contributed by atoms with Gasteiger partial charge in [0.1, 0.15) is 5.75 Å². The molecule has 2 N–H and O–H groups in total. The minimum absolute atomic E-state index is 0.109. The minimum Gasteiger partial charge on any atom is -0.497 e. The van der Waals surface area contributed by atoms with Crippen LogP contribution in [0.25, 0.3) is 0 Å². The maximum atomic E-state index is 12.6. The van der Waals surface area contributed by atoms with Gasteiger partial charge in [0.05, 0.1) is 26.4 Å². The second kappa shape index (κ2) is 9.42. The van der Waals surface area contributed by atoms with Gasteiger partial charge < -0.3 is 14.8 Å². The van der Waals surface area contributed by atoms with Crippen molar-refractivity contribution in [1.29, 1.82) is 0 Å². The molecule has 2 heterocycles. The summed E-state index contributed by atoms with van der Waals surface area (Å²) in [5, 5.41) is 5.84. The number of amides is 2. The molecule has 1 saturated heterocycles. The van der Waals surface area contributed by atoms with Gasteiger partial charge in [0.15, 0.2) is 10.8 Å². The van der Waals surface area contributed by atoms with E-state index in [-0.39, 0.29) is 17.7 Å². The Hall–Kier alpha value is -2.37.